The summed E-state index contributed by atoms with van der Waals surface area (Å²) in [5.41, 5.74) is 0. The van der Waals surface area contributed by atoms with E-state index in [1.165, 1.54) is 6.92 Å². The molecule has 122 valence electrons. The van der Waals surface area contributed by atoms with Crippen LogP contribution in [0.5, 0.6) is 5.75 Å². The van der Waals surface area contributed by atoms with Gasteiger partial charge >= 0.3 is 0 Å². The molecule has 0 spiro atoms. The Morgan fingerprint density at radius 1 is 1.39 bits per heavy atom. The van der Waals surface area contributed by atoms with Crippen molar-refractivity contribution < 1.29 is 18.8 Å². The van der Waals surface area contributed by atoms with Crippen LogP contribution in [0.2, 0.25) is 0 Å². The Labute approximate surface area is 134 Å². The maximum absolute atomic E-state index is 11.8. The van der Waals surface area contributed by atoms with Crippen LogP contribution in [0.25, 0.3) is 0 Å². The van der Waals surface area contributed by atoms with Crippen LogP contribution in [0.15, 0.2) is 34.9 Å². The Hall–Kier alpha value is -2.41. The fourth-order valence-electron chi connectivity index (χ4n) is 2.68. The lowest BCUT2D eigenvalue weighted by atomic mass is 10.2. The molecule has 0 N–H and O–H groups in total. The Morgan fingerprint density at radius 3 is 2.87 bits per heavy atom. The van der Waals surface area contributed by atoms with Crippen LogP contribution >= 0.6 is 0 Å². The molecule has 0 radical (unpaired) electrons. The highest BCUT2D eigenvalue weighted by molar-refractivity contribution is 5.74. The van der Waals surface area contributed by atoms with Crippen molar-refractivity contribution in [2.45, 2.75) is 32.1 Å². The van der Waals surface area contributed by atoms with Gasteiger partial charge in [0.15, 0.2) is 6.61 Å². The number of amides is 1. The standard InChI is InChI=1S/C16H19N3O4/c1-11(20)19-9-13(21-2)8-14(19)16-17-15(18-23-16)10-22-12-6-4-3-5-7-12/h3-7,13-14H,8-10H2,1-2H3/t13-,14+/m0/s1. The second kappa shape index (κ2) is 6.78. The predicted octanol–water partition coefficient (Wildman–Crippen LogP) is 1.96. The average Bonchev–Trinajstić information content (AvgIpc) is 3.20. The van der Waals surface area contributed by atoms with E-state index in [1.54, 1.807) is 12.0 Å². The monoisotopic (exact) mass is 317 g/mol. The maximum Gasteiger partial charge on any atom is 0.249 e. The van der Waals surface area contributed by atoms with Gasteiger partial charge < -0.3 is 18.9 Å². The van der Waals surface area contributed by atoms with Crippen molar-refractivity contribution in [2.24, 2.45) is 0 Å². The molecular weight excluding hydrogens is 298 g/mol. The van der Waals surface area contributed by atoms with Crippen molar-refractivity contribution in [1.29, 1.82) is 0 Å². The van der Waals surface area contributed by atoms with Crippen molar-refractivity contribution in [3.63, 3.8) is 0 Å². The van der Waals surface area contributed by atoms with Crippen molar-refractivity contribution in [2.75, 3.05) is 13.7 Å². The number of nitrogens with zero attached hydrogens (tertiary/aromatic N) is 3. The summed E-state index contributed by atoms with van der Waals surface area (Å²) in [6.07, 6.45) is 0.636. The number of benzene rings is 1. The first-order chi connectivity index (χ1) is 11.2. The van der Waals surface area contributed by atoms with Crippen molar-refractivity contribution >= 4 is 5.91 Å². The number of rotatable bonds is 5. The summed E-state index contributed by atoms with van der Waals surface area (Å²) in [7, 11) is 1.64. The summed E-state index contributed by atoms with van der Waals surface area (Å²) in [5.74, 6) is 1.58. The molecule has 0 saturated carbocycles. The van der Waals surface area contributed by atoms with Crippen LogP contribution in [-0.2, 0) is 16.1 Å². The lowest BCUT2D eigenvalue weighted by molar-refractivity contribution is -0.130. The van der Waals surface area contributed by atoms with E-state index in [0.29, 0.717) is 24.7 Å². The van der Waals surface area contributed by atoms with Gasteiger partial charge in [-0.3, -0.25) is 4.79 Å². The number of carbonyl (C=O) groups excluding carboxylic acids is 1. The minimum atomic E-state index is -0.240. The Balaban J connectivity index is 1.67. The highest BCUT2D eigenvalue weighted by atomic mass is 16.5. The molecule has 1 fully saturated rings. The van der Waals surface area contributed by atoms with Crippen LogP contribution in [-0.4, -0.2) is 40.7 Å². The molecule has 2 atom stereocenters. The van der Waals surface area contributed by atoms with Crippen LogP contribution in [0, 0.1) is 0 Å². The number of para-hydroxylation sites is 1. The number of hydrogen-bond acceptors (Lipinski definition) is 6. The zero-order chi connectivity index (χ0) is 16.2. The third-order valence-electron chi connectivity index (χ3n) is 3.88. The molecule has 3 rings (SSSR count). The average molecular weight is 317 g/mol. The first kappa shape index (κ1) is 15.5. The van der Waals surface area contributed by atoms with E-state index in [9.17, 15) is 4.79 Å². The second-order valence-electron chi connectivity index (χ2n) is 5.43. The molecule has 0 bridgehead atoms. The van der Waals surface area contributed by atoms with E-state index >= 15 is 0 Å². The van der Waals surface area contributed by atoms with Gasteiger partial charge in [0.1, 0.15) is 11.8 Å². The number of ether oxygens (including phenoxy) is 2. The minimum Gasteiger partial charge on any atom is -0.485 e. The zero-order valence-corrected chi connectivity index (χ0v) is 13.1. The first-order valence-corrected chi connectivity index (χ1v) is 7.47. The molecular formula is C16H19N3O4. The van der Waals surface area contributed by atoms with Crippen LogP contribution in [0.3, 0.4) is 0 Å². The molecule has 1 aromatic heterocycles. The number of aromatic nitrogens is 2. The Bertz CT molecular complexity index is 658. The molecule has 1 aromatic carbocycles. The predicted molar refractivity (Wildman–Crippen MR) is 80.6 cm³/mol. The molecule has 2 aromatic rings. The Morgan fingerprint density at radius 2 is 2.17 bits per heavy atom. The van der Waals surface area contributed by atoms with E-state index in [1.807, 2.05) is 30.3 Å². The number of methoxy groups -OCH3 is 1. The molecule has 0 aliphatic carbocycles. The SMILES string of the molecule is CO[C@H]1C[C@H](c2nc(COc3ccccc3)no2)N(C(C)=O)C1. The molecule has 0 unspecified atom stereocenters. The van der Waals surface area contributed by atoms with Gasteiger partial charge in [0, 0.05) is 27.0 Å². The van der Waals surface area contributed by atoms with Crippen molar-refractivity contribution in [3.05, 3.63) is 42.0 Å². The van der Waals surface area contributed by atoms with E-state index in [4.69, 9.17) is 14.0 Å². The minimum absolute atomic E-state index is 0.0141. The lowest BCUT2D eigenvalue weighted by Gasteiger charge is -2.19. The fraction of sp³-hybridized carbons (Fsp3) is 0.438. The number of carbonyl (C=O) groups is 1. The van der Waals surface area contributed by atoms with Crippen molar-refractivity contribution in [3.8, 4) is 5.75 Å². The lowest BCUT2D eigenvalue weighted by Crippen LogP contribution is -2.29. The summed E-state index contributed by atoms with van der Waals surface area (Å²) in [5, 5.41) is 3.93. The largest absolute Gasteiger partial charge is 0.485 e. The highest BCUT2D eigenvalue weighted by Crippen LogP contribution is 2.32. The van der Waals surface area contributed by atoms with Gasteiger partial charge in [-0.1, -0.05) is 23.4 Å². The zero-order valence-electron chi connectivity index (χ0n) is 13.1. The first-order valence-electron chi connectivity index (χ1n) is 7.47. The smallest absolute Gasteiger partial charge is 0.249 e. The van der Waals surface area contributed by atoms with E-state index in [0.717, 1.165) is 5.75 Å². The number of likely N-dealkylation sites (tertiary alicyclic amines) is 1. The van der Waals surface area contributed by atoms with Gasteiger partial charge in [-0.2, -0.15) is 4.98 Å². The maximum atomic E-state index is 11.8. The van der Waals surface area contributed by atoms with Crippen LogP contribution in [0.4, 0.5) is 0 Å². The van der Waals surface area contributed by atoms with E-state index in [-0.39, 0.29) is 24.7 Å². The Kier molecular flexibility index (Phi) is 4.57. The summed E-state index contributed by atoms with van der Waals surface area (Å²) < 4.78 is 16.3. The molecule has 1 amide bonds. The van der Waals surface area contributed by atoms with E-state index < -0.39 is 0 Å². The van der Waals surface area contributed by atoms with Gasteiger partial charge in [-0.15, -0.1) is 0 Å². The van der Waals surface area contributed by atoms with Gasteiger partial charge in [-0.25, -0.2) is 0 Å². The molecule has 1 saturated heterocycles. The fourth-order valence-corrected chi connectivity index (χ4v) is 2.68. The molecule has 1 aliphatic heterocycles. The van der Waals surface area contributed by atoms with Gasteiger partial charge in [0.25, 0.3) is 0 Å². The molecule has 1 aliphatic rings. The molecule has 2 heterocycles. The normalized spacial score (nSPS) is 20.7. The summed E-state index contributed by atoms with van der Waals surface area (Å²) >= 11 is 0. The van der Waals surface area contributed by atoms with Gasteiger partial charge in [0.05, 0.1) is 6.10 Å². The van der Waals surface area contributed by atoms with Crippen molar-refractivity contribution in [1.82, 2.24) is 15.0 Å². The molecule has 7 nitrogen and oxygen atoms in total. The third kappa shape index (κ3) is 3.50. The van der Waals surface area contributed by atoms with Crippen LogP contribution in [0.1, 0.15) is 31.1 Å². The van der Waals surface area contributed by atoms with E-state index in [2.05, 4.69) is 10.1 Å². The van der Waals surface area contributed by atoms with Gasteiger partial charge in [0.2, 0.25) is 17.6 Å². The number of hydrogen-bond donors (Lipinski definition) is 0. The second-order valence-corrected chi connectivity index (χ2v) is 5.43. The van der Waals surface area contributed by atoms with Gasteiger partial charge in [-0.05, 0) is 12.1 Å². The summed E-state index contributed by atoms with van der Waals surface area (Å²) in [4.78, 5) is 17.8. The topological polar surface area (TPSA) is 77.7 Å². The molecule has 7 heteroatoms. The van der Waals surface area contributed by atoms with Crippen LogP contribution < -0.4 is 4.74 Å². The quantitative estimate of drug-likeness (QED) is 0.839. The third-order valence-corrected chi connectivity index (χ3v) is 3.88. The summed E-state index contributed by atoms with van der Waals surface area (Å²) in [6.45, 7) is 2.28. The highest BCUT2D eigenvalue weighted by Gasteiger charge is 2.38. The molecule has 23 heavy (non-hydrogen) atoms. The summed E-state index contributed by atoms with van der Waals surface area (Å²) in [6, 6.07) is 9.19.